The molecule has 0 aliphatic carbocycles. The van der Waals surface area contributed by atoms with Crippen LogP contribution in [0.1, 0.15) is 18.6 Å². The van der Waals surface area contributed by atoms with Gasteiger partial charge in [-0.25, -0.2) is 4.79 Å². The van der Waals surface area contributed by atoms with Crippen LogP contribution in [0.3, 0.4) is 0 Å². The third-order valence-corrected chi connectivity index (χ3v) is 13.0. The molecule has 0 spiro atoms. The zero-order valence-corrected chi connectivity index (χ0v) is 23.7. The Morgan fingerprint density at radius 3 is 1.80 bits per heavy atom. The first kappa shape index (κ1) is 27.2. The first-order valence-corrected chi connectivity index (χ1v) is 20.7. The number of carbonyl (C=O) groups excluding carboxylic acids is 1. The number of hydrogen-bond acceptors (Lipinski definition) is 4. The Labute approximate surface area is 187 Å². The van der Waals surface area contributed by atoms with E-state index in [1.165, 1.54) is 0 Å². The Morgan fingerprint density at radius 1 is 0.933 bits per heavy atom. The third-order valence-electron chi connectivity index (χ3n) is 5.72. The van der Waals surface area contributed by atoms with Gasteiger partial charge in [0.15, 0.2) is 24.9 Å². The van der Waals surface area contributed by atoms with E-state index in [-0.39, 0.29) is 6.03 Å². The van der Waals surface area contributed by atoms with Crippen LogP contribution in [0.25, 0.3) is 0 Å². The summed E-state index contributed by atoms with van der Waals surface area (Å²) in [6.45, 7) is 17.7. The standard InChI is InChI=1S/C21H44N2O4Si3/c1-25-29(6,7)17-11-14-22(15-12-18-30(8,9)26-2)21(24)23(28(3,4)5)19-20-13-10-16-27-20/h10,13,16H,11-12,14-15,17-19H2,1-9H3. The van der Waals surface area contributed by atoms with Gasteiger partial charge in [-0.3, -0.25) is 0 Å². The van der Waals surface area contributed by atoms with Crippen LogP contribution >= 0.6 is 0 Å². The van der Waals surface area contributed by atoms with Crippen LogP contribution in [0.15, 0.2) is 22.8 Å². The number of nitrogens with zero attached hydrogens (tertiary/aromatic N) is 2. The van der Waals surface area contributed by atoms with E-state index in [0.29, 0.717) is 6.54 Å². The van der Waals surface area contributed by atoms with E-state index in [9.17, 15) is 4.79 Å². The van der Waals surface area contributed by atoms with Gasteiger partial charge in [-0.15, -0.1) is 0 Å². The van der Waals surface area contributed by atoms with Crippen molar-refractivity contribution in [3.8, 4) is 0 Å². The Bertz CT molecular complexity index is 609. The summed E-state index contributed by atoms with van der Waals surface area (Å²) in [4.78, 5) is 15.7. The lowest BCUT2D eigenvalue weighted by Crippen LogP contribution is -2.54. The van der Waals surface area contributed by atoms with Gasteiger partial charge in [0.25, 0.3) is 0 Å². The molecule has 0 aliphatic heterocycles. The second-order valence-electron chi connectivity index (χ2n) is 10.2. The molecule has 0 N–H and O–H groups in total. The molecule has 0 fully saturated rings. The molecule has 0 aromatic carbocycles. The molecule has 0 atom stereocenters. The minimum atomic E-state index is -1.88. The molecule has 1 heterocycles. The molecule has 174 valence electrons. The van der Waals surface area contributed by atoms with E-state index in [1.54, 1.807) is 6.26 Å². The molecular weight excluding hydrogens is 428 g/mol. The SMILES string of the molecule is CO[Si](C)(C)CCCN(CCC[Si](C)(C)OC)C(=O)N(Cc1ccco1)[Si](C)(C)C. The van der Waals surface area contributed by atoms with Crippen molar-refractivity contribution in [3.05, 3.63) is 24.2 Å². The van der Waals surface area contributed by atoms with Gasteiger partial charge in [0.2, 0.25) is 0 Å². The topological polar surface area (TPSA) is 55.2 Å². The zero-order chi connectivity index (χ0) is 23.0. The van der Waals surface area contributed by atoms with Crippen molar-refractivity contribution >= 4 is 30.9 Å². The highest BCUT2D eigenvalue weighted by Gasteiger charge is 2.33. The molecule has 1 rings (SSSR count). The van der Waals surface area contributed by atoms with Crippen LogP contribution in [0.4, 0.5) is 4.79 Å². The van der Waals surface area contributed by atoms with Crippen molar-refractivity contribution in [3.63, 3.8) is 0 Å². The zero-order valence-electron chi connectivity index (χ0n) is 20.7. The van der Waals surface area contributed by atoms with Crippen molar-refractivity contribution in [2.75, 3.05) is 27.3 Å². The summed E-state index contributed by atoms with van der Waals surface area (Å²) in [7, 11) is -1.53. The normalized spacial score (nSPS) is 12.8. The summed E-state index contributed by atoms with van der Waals surface area (Å²) >= 11 is 0. The van der Waals surface area contributed by atoms with E-state index < -0.39 is 24.9 Å². The third kappa shape index (κ3) is 9.51. The maximum Gasteiger partial charge on any atom is 0.312 e. The minimum absolute atomic E-state index is 0.138. The van der Waals surface area contributed by atoms with Crippen LogP contribution in [-0.2, 0) is 15.4 Å². The molecular formula is C21H44N2O4Si3. The van der Waals surface area contributed by atoms with Gasteiger partial charge >= 0.3 is 6.03 Å². The molecule has 2 amide bonds. The molecule has 1 aromatic rings. The molecule has 0 saturated carbocycles. The first-order valence-electron chi connectivity index (χ1n) is 11.0. The molecule has 0 aliphatic rings. The van der Waals surface area contributed by atoms with Crippen molar-refractivity contribution in [2.45, 2.75) is 77.3 Å². The number of hydrogen-bond donors (Lipinski definition) is 0. The van der Waals surface area contributed by atoms with Gasteiger partial charge < -0.3 is 22.7 Å². The number of furan rings is 1. The average Bonchev–Trinajstić information content (AvgIpc) is 3.16. The van der Waals surface area contributed by atoms with Gasteiger partial charge in [-0.05, 0) is 63.3 Å². The Morgan fingerprint density at radius 2 is 1.43 bits per heavy atom. The van der Waals surface area contributed by atoms with Gasteiger partial charge in [0, 0.05) is 27.3 Å². The van der Waals surface area contributed by atoms with Gasteiger partial charge in [-0.2, -0.15) is 0 Å². The lowest BCUT2D eigenvalue weighted by atomic mass is 10.3. The summed E-state index contributed by atoms with van der Waals surface area (Å²) in [5.41, 5.74) is 0. The van der Waals surface area contributed by atoms with Gasteiger partial charge in [-0.1, -0.05) is 19.6 Å². The number of rotatable bonds is 13. The fraction of sp³-hybridized carbons (Fsp3) is 0.762. The van der Waals surface area contributed by atoms with Crippen LogP contribution in [-0.4, -0.2) is 67.7 Å². The fourth-order valence-electron chi connectivity index (χ4n) is 3.22. The number of amides is 2. The second-order valence-corrected chi connectivity index (χ2v) is 24.0. The molecule has 0 unspecified atom stereocenters. The number of carbonyl (C=O) groups is 1. The lowest BCUT2D eigenvalue weighted by molar-refractivity contribution is 0.171. The molecule has 6 nitrogen and oxygen atoms in total. The minimum Gasteiger partial charge on any atom is -0.467 e. The highest BCUT2D eigenvalue weighted by atomic mass is 28.4. The molecule has 1 aromatic heterocycles. The molecule has 9 heteroatoms. The van der Waals surface area contributed by atoms with Crippen LogP contribution in [0.2, 0.25) is 57.9 Å². The largest absolute Gasteiger partial charge is 0.467 e. The van der Waals surface area contributed by atoms with E-state index in [0.717, 1.165) is 43.8 Å². The maximum atomic E-state index is 13.7. The van der Waals surface area contributed by atoms with Gasteiger partial charge in [0.05, 0.1) is 12.8 Å². The van der Waals surface area contributed by atoms with Crippen LogP contribution in [0, 0.1) is 0 Å². The van der Waals surface area contributed by atoms with E-state index in [4.69, 9.17) is 13.3 Å². The lowest BCUT2D eigenvalue weighted by Gasteiger charge is -2.38. The maximum absolute atomic E-state index is 13.7. The summed E-state index contributed by atoms with van der Waals surface area (Å²) in [5, 5.41) is 0. The summed E-state index contributed by atoms with van der Waals surface area (Å²) in [5.74, 6) is 0.839. The van der Waals surface area contributed by atoms with Crippen LogP contribution in [0.5, 0.6) is 0 Å². The van der Waals surface area contributed by atoms with Crippen LogP contribution < -0.4 is 0 Å². The number of urea groups is 1. The molecule has 0 saturated heterocycles. The van der Waals surface area contributed by atoms with Gasteiger partial charge in [0.1, 0.15) is 5.76 Å². The van der Waals surface area contributed by atoms with E-state index in [1.807, 2.05) is 26.4 Å². The van der Waals surface area contributed by atoms with E-state index in [2.05, 4.69) is 55.3 Å². The molecule has 0 radical (unpaired) electrons. The highest BCUT2D eigenvalue weighted by Crippen LogP contribution is 2.21. The predicted octanol–water partition coefficient (Wildman–Crippen LogP) is 5.82. The molecule has 0 bridgehead atoms. The summed E-state index contributed by atoms with van der Waals surface area (Å²) in [6, 6.07) is 6.08. The van der Waals surface area contributed by atoms with E-state index >= 15 is 0 Å². The average molecular weight is 473 g/mol. The highest BCUT2D eigenvalue weighted by molar-refractivity contribution is 6.75. The molecule has 30 heavy (non-hydrogen) atoms. The van der Waals surface area contributed by atoms with Crippen molar-refractivity contribution in [1.82, 2.24) is 9.47 Å². The van der Waals surface area contributed by atoms with Crippen molar-refractivity contribution in [2.24, 2.45) is 0 Å². The fourth-order valence-corrected chi connectivity index (χ4v) is 6.99. The second kappa shape index (κ2) is 11.7. The monoisotopic (exact) mass is 472 g/mol. The summed E-state index contributed by atoms with van der Waals surface area (Å²) < 4.78 is 19.0. The summed E-state index contributed by atoms with van der Waals surface area (Å²) in [6.07, 6.45) is 3.63. The van der Waals surface area contributed by atoms with Crippen molar-refractivity contribution in [1.29, 1.82) is 0 Å². The Hall–Kier alpha value is -0.879. The predicted molar refractivity (Wildman–Crippen MR) is 132 cm³/mol. The smallest absolute Gasteiger partial charge is 0.312 e. The Kier molecular flexibility index (Phi) is 10.6. The van der Waals surface area contributed by atoms with Crippen molar-refractivity contribution < 1.29 is 18.1 Å². The first-order chi connectivity index (χ1) is 13.8. The Balaban J connectivity index is 2.92. The quantitative estimate of drug-likeness (QED) is 0.339.